The smallest absolute Gasteiger partial charge is 0.322 e. The number of imide groups is 1. The molecule has 3 heterocycles. The molecule has 0 bridgehead atoms. The molecule has 0 radical (unpaired) electrons. The summed E-state index contributed by atoms with van der Waals surface area (Å²) in [6.07, 6.45) is 0.493. The van der Waals surface area contributed by atoms with Crippen molar-refractivity contribution in [3.05, 3.63) is 23.8 Å². The Labute approximate surface area is 156 Å². The van der Waals surface area contributed by atoms with E-state index in [2.05, 4.69) is 15.5 Å². The van der Waals surface area contributed by atoms with E-state index < -0.39 is 12.1 Å². The number of fused-ring (bicyclic) bond motifs is 1. The van der Waals surface area contributed by atoms with Crippen LogP contribution in [0.4, 0.5) is 4.79 Å². The molecule has 1 aromatic rings. The van der Waals surface area contributed by atoms with E-state index in [-0.39, 0.29) is 25.0 Å². The van der Waals surface area contributed by atoms with Crippen molar-refractivity contribution in [2.45, 2.75) is 25.4 Å². The van der Waals surface area contributed by atoms with Gasteiger partial charge in [0.15, 0.2) is 11.5 Å². The molecule has 1 atom stereocenters. The molecule has 27 heavy (non-hydrogen) atoms. The quantitative estimate of drug-likeness (QED) is 0.775. The van der Waals surface area contributed by atoms with E-state index in [0.717, 1.165) is 36.7 Å². The highest BCUT2D eigenvalue weighted by atomic mass is 16.7. The lowest BCUT2D eigenvalue weighted by Gasteiger charge is -2.36. The fourth-order valence-corrected chi connectivity index (χ4v) is 3.56. The van der Waals surface area contributed by atoms with Gasteiger partial charge in [0, 0.05) is 39.1 Å². The molecule has 9 heteroatoms. The van der Waals surface area contributed by atoms with Gasteiger partial charge < -0.3 is 19.7 Å². The zero-order valence-electron chi connectivity index (χ0n) is 14.9. The molecule has 2 fully saturated rings. The molecular weight excluding hydrogens is 352 g/mol. The van der Waals surface area contributed by atoms with E-state index in [1.165, 1.54) is 0 Å². The van der Waals surface area contributed by atoms with E-state index in [0.29, 0.717) is 19.5 Å². The van der Waals surface area contributed by atoms with Crippen LogP contribution in [0.15, 0.2) is 18.2 Å². The Morgan fingerprint density at radius 2 is 1.89 bits per heavy atom. The first-order valence-corrected chi connectivity index (χ1v) is 9.08. The number of urea groups is 1. The van der Waals surface area contributed by atoms with Gasteiger partial charge in [-0.3, -0.25) is 19.8 Å². The summed E-state index contributed by atoms with van der Waals surface area (Å²) in [5.74, 6) is 1.07. The highest BCUT2D eigenvalue weighted by molar-refractivity contribution is 5.98. The second-order valence-corrected chi connectivity index (χ2v) is 6.90. The maximum atomic E-state index is 12.7. The van der Waals surface area contributed by atoms with Gasteiger partial charge in [0.25, 0.3) is 0 Å². The fraction of sp³-hybridized carbons (Fsp3) is 0.500. The molecule has 0 aliphatic carbocycles. The molecule has 9 nitrogen and oxygen atoms in total. The van der Waals surface area contributed by atoms with Crippen LogP contribution in [-0.4, -0.2) is 66.7 Å². The van der Waals surface area contributed by atoms with Gasteiger partial charge in [-0.1, -0.05) is 6.07 Å². The largest absolute Gasteiger partial charge is 0.454 e. The van der Waals surface area contributed by atoms with E-state index >= 15 is 0 Å². The third-order valence-corrected chi connectivity index (χ3v) is 5.04. The van der Waals surface area contributed by atoms with Crippen molar-refractivity contribution in [3.8, 4) is 11.5 Å². The number of carbonyl (C=O) groups excluding carboxylic acids is 3. The Morgan fingerprint density at radius 1 is 1.11 bits per heavy atom. The maximum absolute atomic E-state index is 12.7. The minimum atomic E-state index is -0.642. The Morgan fingerprint density at radius 3 is 2.70 bits per heavy atom. The van der Waals surface area contributed by atoms with Gasteiger partial charge in [-0.25, -0.2) is 4.79 Å². The second-order valence-electron chi connectivity index (χ2n) is 6.90. The topological polar surface area (TPSA) is 100 Å². The number of nitrogens with one attached hydrogen (secondary N) is 2. The second kappa shape index (κ2) is 7.43. The van der Waals surface area contributed by atoms with Crippen molar-refractivity contribution in [2.75, 3.05) is 33.0 Å². The van der Waals surface area contributed by atoms with Gasteiger partial charge >= 0.3 is 6.03 Å². The summed E-state index contributed by atoms with van der Waals surface area (Å²) in [5.41, 5.74) is 1.14. The lowest BCUT2D eigenvalue weighted by Crippen LogP contribution is -2.55. The van der Waals surface area contributed by atoms with E-state index in [1.807, 2.05) is 18.2 Å². The van der Waals surface area contributed by atoms with E-state index in [1.54, 1.807) is 4.90 Å². The van der Waals surface area contributed by atoms with Crippen LogP contribution in [0.1, 0.15) is 18.4 Å². The van der Waals surface area contributed by atoms with Crippen LogP contribution in [0, 0.1) is 0 Å². The van der Waals surface area contributed by atoms with Crippen molar-refractivity contribution in [2.24, 2.45) is 0 Å². The summed E-state index contributed by atoms with van der Waals surface area (Å²) in [7, 11) is 0. The van der Waals surface area contributed by atoms with Crippen molar-refractivity contribution in [1.29, 1.82) is 0 Å². The van der Waals surface area contributed by atoms with Crippen molar-refractivity contribution in [1.82, 2.24) is 20.4 Å². The summed E-state index contributed by atoms with van der Waals surface area (Å²) in [6, 6.07) is 4.69. The molecule has 144 valence electrons. The monoisotopic (exact) mass is 374 g/mol. The molecule has 0 spiro atoms. The Kier molecular flexibility index (Phi) is 4.85. The highest BCUT2D eigenvalue weighted by Crippen LogP contribution is 2.32. The van der Waals surface area contributed by atoms with Crippen LogP contribution in [0.2, 0.25) is 0 Å². The minimum Gasteiger partial charge on any atom is -0.454 e. The Balaban J connectivity index is 1.30. The van der Waals surface area contributed by atoms with Crippen LogP contribution in [0.25, 0.3) is 0 Å². The minimum absolute atomic E-state index is 0.123. The molecule has 0 saturated carbocycles. The van der Waals surface area contributed by atoms with Crippen LogP contribution in [-0.2, 0) is 16.1 Å². The van der Waals surface area contributed by atoms with Crippen LogP contribution >= 0.6 is 0 Å². The zero-order chi connectivity index (χ0) is 18.8. The highest BCUT2D eigenvalue weighted by Gasteiger charge is 2.31. The molecule has 4 amide bonds. The molecule has 1 aromatic carbocycles. The summed E-state index contributed by atoms with van der Waals surface area (Å²) in [4.78, 5) is 39.7. The maximum Gasteiger partial charge on any atom is 0.322 e. The number of piperazine rings is 1. The molecule has 2 saturated heterocycles. The molecule has 0 unspecified atom stereocenters. The zero-order valence-corrected chi connectivity index (χ0v) is 14.9. The molecular formula is C18H22N4O5. The Bertz CT molecular complexity index is 760. The van der Waals surface area contributed by atoms with Crippen LogP contribution in [0.3, 0.4) is 0 Å². The van der Waals surface area contributed by atoms with Gasteiger partial charge in [0.05, 0.1) is 0 Å². The first kappa shape index (κ1) is 17.6. The lowest BCUT2D eigenvalue weighted by atomic mass is 10.1. The predicted molar refractivity (Wildman–Crippen MR) is 94.1 cm³/mol. The van der Waals surface area contributed by atoms with Gasteiger partial charge in [0.1, 0.15) is 6.04 Å². The SMILES string of the molecule is O=C1CC[C@@H](C(=O)N2CCN(Cc3ccc4c(c3)OCO4)CC2)NC(=O)N1. The average molecular weight is 374 g/mol. The fourth-order valence-electron chi connectivity index (χ4n) is 3.56. The third kappa shape index (κ3) is 3.97. The van der Waals surface area contributed by atoms with Gasteiger partial charge in [-0.15, -0.1) is 0 Å². The van der Waals surface area contributed by atoms with Gasteiger partial charge in [-0.05, 0) is 24.1 Å². The van der Waals surface area contributed by atoms with E-state index in [4.69, 9.17) is 9.47 Å². The number of amides is 4. The van der Waals surface area contributed by atoms with Crippen LogP contribution < -0.4 is 20.1 Å². The normalized spacial score (nSPS) is 22.8. The predicted octanol–water partition coefficient (Wildman–Crippen LogP) is 0.0477. The summed E-state index contributed by atoms with van der Waals surface area (Å²) >= 11 is 0. The Hall–Kier alpha value is -2.81. The lowest BCUT2D eigenvalue weighted by molar-refractivity contribution is -0.135. The number of rotatable bonds is 3. The standard InChI is InChI=1S/C18H22N4O5/c23-16-4-2-13(19-18(25)20-16)17(24)22-7-5-21(6-8-22)10-12-1-3-14-15(9-12)27-11-26-14/h1,3,9,13H,2,4-8,10-11H2,(H2,19,20,23,25)/t13-/m0/s1. The van der Waals surface area contributed by atoms with Gasteiger partial charge in [0.2, 0.25) is 18.6 Å². The first-order chi connectivity index (χ1) is 13.1. The number of hydrogen-bond donors (Lipinski definition) is 2. The van der Waals surface area contributed by atoms with Crippen molar-refractivity contribution < 1.29 is 23.9 Å². The number of benzene rings is 1. The molecule has 3 aliphatic rings. The van der Waals surface area contributed by atoms with Gasteiger partial charge in [-0.2, -0.15) is 0 Å². The molecule has 4 rings (SSSR count). The van der Waals surface area contributed by atoms with E-state index in [9.17, 15) is 14.4 Å². The molecule has 3 aliphatic heterocycles. The number of ether oxygens (including phenoxy) is 2. The molecule has 0 aromatic heterocycles. The number of nitrogens with zero attached hydrogens (tertiary/aromatic N) is 2. The van der Waals surface area contributed by atoms with Crippen LogP contribution in [0.5, 0.6) is 11.5 Å². The third-order valence-electron chi connectivity index (χ3n) is 5.04. The first-order valence-electron chi connectivity index (χ1n) is 9.08. The summed E-state index contributed by atoms with van der Waals surface area (Å²) in [6.45, 7) is 3.72. The summed E-state index contributed by atoms with van der Waals surface area (Å²) < 4.78 is 10.7. The number of hydrogen-bond acceptors (Lipinski definition) is 6. The average Bonchev–Trinajstić information content (AvgIpc) is 3.05. The van der Waals surface area contributed by atoms with Crippen molar-refractivity contribution >= 4 is 17.8 Å². The van der Waals surface area contributed by atoms with Crippen molar-refractivity contribution in [3.63, 3.8) is 0 Å². The number of carbonyl (C=O) groups is 3. The molecule has 2 N–H and O–H groups in total. The summed E-state index contributed by atoms with van der Waals surface area (Å²) in [5, 5.41) is 4.77.